The van der Waals surface area contributed by atoms with E-state index in [0.717, 1.165) is 34.3 Å². The van der Waals surface area contributed by atoms with Gasteiger partial charge in [0.2, 0.25) is 21.8 Å². The average molecular weight is 641 g/mol. The fraction of sp³-hybridized carbons (Fsp3) is 0.333. The van der Waals surface area contributed by atoms with Crippen LogP contribution in [0.2, 0.25) is 10.0 Å². The highest BCUT2D eigenvalue weighted by Crippen LogP contribution is 2.25. The molecule has 1 atom stereocenters. The van der Waals surface area contributed by atoms with Gasteiger partial charge in [-0.15, -0.1) is 0 Å². The molecule has 226 valence electrons. The molecular weight excluding hydrogens is 607 g/mol. The molecule has 0 aliphatic heterocycles. The number of carbonyl (C=O) groups is 2. The third kappa shape index (κ3) is 9.40. The summed E-state index contributed by atoms with van der Waals surface area (Å²) in [4.78, 5) is 28.7. The molecule has 0 saturated heterocycles. The quantitative estimate of drug-likeness (QED) is 0.235. The van der Waals surface area contributed by atoms with E-state index in [9.17, 15) is 26.8 Å². The number of nitrogens with one attached hydrogen (secondary N) is 1. The van der Waals surface area contributed by atoms with Gasteiger partial charge >= 0.3 is 0 Å². The minimum absolute atomic E-state index is 0.0474. The summed E-state index contributed by atoms with van der Waals surface area (Å²) in [7, 11) is -3.88. The van der Waals surface area contributed by atoms with Gasteiger partial charge in [-0.1, -0.05) is 66.5 Å². The summed E-state index contributed by atoms with van der Waals surface area (Å²) in [5.41, 5.74) is 1.44. The Kier molecular flexibility index (Phi) is 12.1. The summed E-state index contributed by atoms with van der Waals surface area (Å²) < 4.78 is 53.2. The molecule has 0 saturated carbocycles. The van der Waals surface area contributed by atoms with Crippen molar-refractivity contribution >= 4 is 50.7 Å². The van der Waals surface area contributed by atoms with Gasteiger partial charge in [0.15, 0.2) is 11.6 Å². The predicted molar refractivity (Wildman–Crippen MR) is 162 cm³/mol. The van der Waals surface area contributed by atoms with E-state index < -0.39 is 33.6 Å². The smallest absolute Gasteiger partial charge is 0.243 e. The van der Waals surface area contributed by atoms with Gasteiger partial charge in [-0.25, -0.2) is 17.2 Å². The largest absolute Gasteiger partial charge is 0.354 e. The van der Waals surface area contributed by atoms with Crippen molar-refractivity contribution < 1.29 is 26.8 Å². The molecule has 0 spiro atoms. The van der Waals surface area contributed by atoms with Crippen molar-refractivity contribution in [1.82, 2.24) is 10.2 Å². The molecule has 12 heteroatoms. The van der Waals surface area contributed by atoms with Crippen LogP contribution < -0.4 is 9.62 Å². The molecule has 3 aromatic rings. The van der Waals surface area contributed by atoms with E-state index in [-0.39, 0.29) is 43.9 Å². The summed E-state index contributed by atoms with van der Waals surface area (Å²) in [5.74, 6) is -3.01. The highest BCUT2D eigenvalue weighted by atomic mass is 35.5. The number of sulfonamides is 1. The Labute approximate surface area is 255 Å². The maximum atomic E-state index is 13.9. The van der Waals surface area contributed by atoms with Crippen molar-refractivity contribution in [2.24, 2.45) is 0 Å². The Bertz CT molecular complexity index is 1490. The molecule has 0 bridgehead atoms. The number of anilines is 1. The minimum Gasteiger partial charge on any atom is -0.354 e. The third-order valence-electron chi connectivity index (χ3n) is 6.50. The summed E-state index contributed by atoms with van der Waals surface area (Å²) in [6.07, 6.45) is 1.82. The molecule has 0 aliphatic rings. The molecule has 0 aliphatic carbocycles. The number of carbonyl (C=O) groups excluding carboxylic acids is 2. The highest BCUT2D eigenvalue weighted by molar-refractivity contribution is 7.92. The first-order valence-corrected chi connectivity index (χ1v) is 16.0. The lowest BCUT2D eigenvalue weighted by atomic mass is 10.0. The summed E-state index contributed by atoms with van der Waals surface area (Å²) >= 11 is 12.3. The molecule has 7 nitrogen and oxygen atoms in total. The number of hydrogen-bond acceptors (Lipinski definition) is 4. The first kappa shape index (κ1) is 33.3. The average Bonchev–Trinajstić information content (AvgIpc) is 2.95. The van der Waals surface area contributed by atoms with Crippen LogP contribution in [0.1, 0.15) is 37.3 Å². The summed E-state index contributed by atoms with van der Waals surface area (Å²) in [6.45, 7) is 2.23. The van der Waals surface area contributed by atoms with Gasteiger partial charge < -0.3 is 10.2 Å². The van der Waals surface area contributed by atoms with E-state index in [1.54, 1.807) is 18.2 Å². The van der Waals surface area contributed by atoms with Crippen LogP contribution in [0.25, 0.3) is 0 Å². The summed E-state index contributed by atoms with van der Waals surface area (Å²) in [6, 6.07) is 16.2. The zero-order chi connectivity index (χ0) is 30.9. The van der Waals surface area contributed by atoms with Gasteiger partial charge in [0, 0.05) is 38.5 Å². The lowest BCUT2D eigenvalue weighted by Gasteiger charge is -2.32. The number of amides is 2. The van der Waals surface area contributed by atoms with Crippen LogP contribution >= 0.6 is 23.2 Å². The van der Waals surface area contributed by atoms with E-state index in [1.807, 2.05) is 37.3 Å². The Morgan fingerprint density at radius 1 is 0.929 bits per heavy atom. The third-order valence-corrected chi connectivity index (χ3v) is 8.43. The van der Waals surface area contributed by atoms with E-state index in [2.05, 4.69) is 5.32 Å². The van der Waals surface area contributed by atoms with Gasteiger partial charge in [-0.05, 0) is 48.2 Å². The normalized spacial score (nSPS) is 12.0. The van der Waals surface area contributed by atoms with Crippen LogP contribution in [0, 0.1) is 11.6 Å². The van der Waals surface area contributed by atoms with Crippen molar-refractivity contribution in [1.29, 1.82) is 0 Å². The first-order chi connectivity index (χ1) is 19.9. The monoisotopic (exact) mass is 639 g/mol. The molecule has 3 aromatic carbocycles. The van der Waals surface area contributed by atoms with Gasteiger partial charge in [0.1, 0.15) is 6.04 Å². The molecule has 0 radical (unpaired) electrons. The maximum Gasteiger partial charge on any atom is 0.243 e. The second kappa shape index (κ2) is 15.3. The molecule has 2 amide bonds. The molecule has 42 heavy (non-hydrogen) atoms. The van der Waals surface area contributed by atoms with Crippen molar-refractivity contribution in [3.05, 3.63) is 99.5 Å². The first-order valence-electron chi connectivity index (χ1n) is 13.4. The van der Waals surface area contributed by atoms with Gasteiger partial charge in [-0.3, -0.25) is 13.9 Å². The van der Waals surface area contributed by atoms with Crippen LogP contribution in [0.4, 0.5) is 14.5 Å². The van der Waals surface area contributed by atoms with Gasteiger partial charge in [-0.2, -0.15) is 0 Å². The topological polar surface area (TPSA) is 86.8 Å². The Hall–Kier alpha value is -3.21. The zero-order valence-electron chi connectivity index (χ0n) is 23.3. The van der Waals surface area contributed by atoms with E-state index in [4.69, 9.17) is 23.2 Å². The lowest BCUT2D eigenvalue weighted by molar-refractivity contribution is -0.141. The second-order valence-electron chi connectivity index (χ2n) is 9.80. The molecule has 0 fully saturated rings. The van der Waals surface area contributed by atoms with Gasteiger partial charge in [0.25, 0.3) is 0 Å². The standard InChI is InChI=1S/C30H33Cl2F2N3O4S/c1-3-15-35-30(39)28(18-21-8-5-4-6-9-21)36(20-22-11-13-24(31)25(32)17-22)29(38)10-7-16-37(42(2,40)41)23-12-14-26(33)27(34)19-23/h4-6,8-9,11-14,17,19,28H,3,7,10,15-16,18,20H2,1-2H3,(H,35,39)/t28-/m0/s1. The van der Waals surface area contributed by atoms with E-state index >= 15 is 0 Å². The Morgan fingerprint density at radius 2 is 1.64 bits per heavy atom. The predicted octanol–water partition coefficient (Wildman–Crippen LogP) is 5.98. The Balaban J connectivity index is 1.90. The number of rotatable bonds is 14. The van der Waals surface area contributed by atoms with Crippen molar-refractivity contribution in [3.63, 3.8) is 0 Å². The lowest BCUT2D eigenvalue weighted by Crippen LogP contribution is -2.50. The van der Waals surface area contributed by atoms with Crippen molar-refractivity contribution in [2.75, 3.05) is 23.7 Å². The van der Waals surface area contributed by atoms with Crippen molar-refractivity contribution in [3.8, 4) is 0 Å². The molecule has 0 heterocycles. The fourth-order valence-corrected chi connectivity index (χ4v) is 5.68. The molecule has 3 rings (SSSR count). The molecular formula is C30H33Cl2F2N3O4S. The zero-order valence-corrected chi connectivity index (χ0v) is 25.7. The number of hydrogen-bond donors (Lipinski definition) is 1. The van der Waals surface area contributed by atoms with Gasteiger partial charge in [0.05, 0.1) is 22.0 Å². The fourth-order valence-electron chi connectivity index (χ4n) is 4.40. The molecule has 1 N–H and O–H groups in total. The molecule has 0 aromatic heterocycles. The van der Waals surface area contributed by atoms with E-state index in [1.165, 1.54) is 4.90 Å². The summed E-state index contributed by atoms with van der Waals surface area (Å²) in [5, 5.41) is 3.53. The SMILES string of the molecule is CCCNC(=O)[C@H](Cc1ccccc1)N(Cc1ccc(Cl)c(Cl)c1)C(=O)CCCN(c1ccc(F)c(F)c1)S(C)(=O)=O. The highest BCUT2D eigenvalue weighted by Gasteiger charge is 2.30. The number of halogens is 4. The second-order valence-corrected chi connectivity index (χ2v) is 12.5. The van der Waals surface area contributed by atoms with Crippen LogP contribution in [0.15, 0.2) is 66.7 Å². The maximum absolute atomic E-state index is 13.9. The van der Waals surface area contributed by atoms with Crippen LogP contribution in [0.5, 0.6) is 0 Å². The van der Waals surface area contributed by atoms with Crippen LogP contribution in [-0.4, -0.2) is 50.5 Å². The minimum atomic E-state index is -3.88. The van der Waals surface area contributed by atoms with Crippen LogP contribution in [-0.2, 0) is 32.6 Å². The van der Waals surface area contributed by atoms with Crippen LogP contribution in [0.3, 0.4) is 0 Å². The number of benzene rings is 3. The Morgan fingerprint density at radius 3 is 2.26 bits per heavy atom. The van der Waals surface area contributed by atoms with E-state index in [0.29, 0.717) is 28.6 Å². The molecule has 0 unspecified atom stereocenters. The van der Waals surface area contributed by atoms with Crippen molar-refractivity contribution in [2.45, 2.75) is 45.2 Å². The number of nitrogens with zero attached hydrogens (tertiary/aromatic N) is 2.